The van der Waals surface area contributed by atoms with Crippen molar-refractivity contribution in [2.45, 2.75) is 38.5 Å². The number of hydrazine groups is 1. The van der Waals surface area contributed by atoms with E-state index in [0.717, 1.165) is 10.6 Å². The Hall–Kier alpha value is -1.56. The summed E-state index contributed by atoms with van der Waals surface area (Å²) in [6.07, 6.45) is 10.0. The van der Waals surface area contributed by atoms with E-state index >= 15 is 0 Å². The molecule has 1 fully saturated rings. The molecule has 0 atom stereocenters. The van der Waals surface area contributed by atoms with E-state index in [-0.39, 0.29) is 5.91 Å². The van der Waals surface area contributed by atoms with Crippen molar-refractivity contribution in [1.29, 1.82) is 0 Å². The van der Waals surface area contributed by atoms with Crippen molar-refractivity contribution in [2.24, 2.45) is 11.0 Å². The lowest BCUT2D eigenvalue weighted by atomic mass is 9.90. The van der Waals surface area contributed by atoms with Gasteiger partial charge in [0.2, 0.25) is 0 Å². The molecule has 1 aliphatic heterocycles. The van der Waals surface area contributed by atoms with E-state index in [2.05, 4.69) is 15.6 Å². The summed E-state index contributed by atoms with van der Waals surface area (Å²) in [5, 5.41) is 5.38. The van der Waals surface area contributed by atoms with Crippen LogP contribution < -0.4 is 5.53 Å². The van der Waals surface area contributed by atoms with Crippen LogP contribution in [0.5, 0.6) is 0 Å². The fraction of sp³-hybridized carbons (Fsp3) is 0.500. The number of nitrogens with zero attached hydrogens (tertiary/aromatic N) is 3. The van der Waals surface area contributed by atoms with E-state index in [9.17, 15) is 4.79 Å². The Morgan fingerprint density at radius 2 is 2.25 bits per heavy atom. The largest absolute Gasteiger partial charge is 0.272 e. The highest BCUT2D eigenvalue weighted by Crippen LogP contribution is 2.32. The maximum absolute atomic E-state index is 12.2. The Kier molecular flexibility index (Phi) is 4.20. The molecule has 0 unspecified atom stereocenters. The molecule has 2 heterocycles. The minimum Gasteiger partial charge on any atom is -0.272 e. The summed E-state index contributed by atoms with van der Waals surface area (Å²) < 4.78 is 1.54. The molecule has 2 aliphatic rings. The zero-order valence-corrected chi connectivity index (χ0v) is 12.1. The maximum Gasteiger partial charge on any atom is 0.257 e. The first-order chi connectivity index (χ1) is 9.83. The number of pyridine rings is 1. The average Bonchev–Trinajstić information content (AvgIpc) is 2.99. The van der Waals surface area contributed by atoms with Gasteiger partial charge in [0, 0.05) is 30.3 Å². The van der Waals surface area contributed by atoms with Gasteiger partial charge in [-0.3, -0.25) is 9.78 Å². The molecule has 1 aromatic heterocycles. The van der Waals surface area contributed by atoms with Crippen molar-refractivity contribution < 1.29 is 4.79 Å². The Labute approximate surface area is 122 Å². The molecule has 0 bridgehead atoms. The van der Waals surface area contributed by atoms with Gasteiger partial charge >= 0.3 is 0 Å². The molecule has 1 aliphatic carbocycles. The number of hydrazone groups is 1. The van der Waals surface area contributed by atoms with Crippen LogP contribution in [0.4, 0.5) is 0 Å². The van der Waals surface area contributed by atoms with Gasteiger partial charge in [-0.15, -0.1) is 0 Å². The molecule has 1 amide bonds. The highest BCUT2D eigenvalue weighted by atomic mass is 32.2. The van der Waals surface area contributed by atoms with E-state index in [1.807, 2.05) is 12.1 Å². The summed E-state index contributed by atoms with van der Waals surface area (Å²) >= 11 is 1.45. The summed E-state index contributed by atoms with van der Waals surface area (Å²) in [6.45, 7) is 0. The molecule has 106 valence electrons. The molecule has 5 nitrogen and oxygen atoms in total. The second-order valence-corrected chi connectivity index (χ2v) is 6.17. The lowest BCUT2D eigenvalue weighted by Crippen LogP contribution is -2.32. The minimum atomic E-state index is 0.0116. The molecule has 0 radical (unpaired) electrons. The third kappa shape index (κ3) is 3.12. The van der Waals surface area contributed by atoms with Crippen molar-refractivity contribution in [3.63, 3.8) is 0 Å². The molecule has 6 heteroatoms. The van der Waals surface area contributed by atoms with Crippen LogP contribution in [-0.4, -0.2) is 20.3 Å². The topological polar surface area (TPSA) is 57.6 Å². The van der Waals surface area contributed by atoms with Crippen LogP contribution in [-0.2, 0) is 11.2 Å². The second kappa shape index (κ2) is 6.26. The standard InChI is InChI=1S/C14H18N4OS/c19-13(9-11-5-4-8-15-10-11)18-17-16-14(20-18)12-6-2-1-3-7-12/h4-5,8,10,12,17H,1-3,6-7,9H2. The summed E-state index contributed by atoms with van der Waals surface area (Å²) in [5.74, 6) is 0.537. The normalized spacial score (nSPS) is 19.6. The predicted octanol–water partition coefficient (Wildman–Crippen LogP) is 2.51. The van der Waals surface area contributed by atoms with Crippen LogP contribution in [0.3, 0.4) is 0 Å². The summed E-state index contributed by atoms with van der Waals surface area (Å²) in [7, 11) is 0. The molecular weight excluding hydrogens is 272 g/mol. The number of carbonyl (C=O) groups is 1. The van der Waals surface area contributed by atoms with Gasteiger partial charge in [-0.05, 0) is 24.5 Å². The number of hydrogen-bond donors (Lipinski definition) is 1. The van der Waals surface area contributed by atoms with Crippen molar-refractivity contribution in [3.8, 4) is 0 Å². The highest BCUT2D eigenvalue weighted by molar-refractivity contribution is 8.12. The van der Waals surface area contributed by atoms with E-state index in [1.54, 1.807) is 12.4 Å². The van der Waals surface area contributed by atoms with Gasteiger partial charge in [-0.2, -0.15) is 9.52 Å². The first-order valence-corrected chi connectivity index (χ1v) is 7.83. The van der Waals surface area contributed by atoms with Crippen LogP contribution in [0.2, 0.25) is 0 Å². The number of amides is 1. The van der Waals surface area contributed by atoms with Crippen LogP contribution >= 0.6 is 11.9 Å². The number of aromatic nitrogens is 1. The average molecular weight is 290 g/mol. The third-order valence-electron chi connectivity index (χ3n) is 3.69. The predicted molar refractivity (Wildman–Crippen MR) is 79.5 cm³/mol. The Morgan fingerprint density at radius 3 is 3.00 bits per heavy atom. The first-order valence-electron chi connectivity index (χ1n) is 7.06. The second-order valence-electron chi connectivity index (χ2n) is 5.20. The lowest BCUT2D eigenvalue weighted by Gasteiger charge is -2.20. The van der Waals surface area contributed by atoms with Crippen molar-refractivity contribution in [3.05, 3.63) is 30.1 Å². The van der Waals surface area contributed by atoms with Gasteiger partial charge < -0.3 is 0 Å². The molecule has 0 spiro atoms. The molecule has 3 rings (SSSR count). The van der Waals surface area contributed by atoms with Gasteiger partial charge in [-0.1, -0.05) is 25.3 Å². The van der Waals surface area contributed by atoms with Crippen LogP contribution in [0.25, 0.3) is 0 Å². The molecule has 0 saturated heterocycles. The van der Waals surface area contributed by atoms with E-state index in [0.29, 0.717) is 12.3 Å². The van der Waals surface area contributed by atoms with E-state index in [4.69, 9.17) is 0 Å². The van der Waals surface area contributed by atoms with E-state index < -0.39 is 0 Å². The molecule has 1 saturated carbocycles. The monoisotopic (exact) mass is 290 g/mol. The van der Waals surface area contributed by atoms with E-state index in [1.165, 1.54) is 48.5 Å². The summed E-state index contributed by atoms with van der Waals surface area (Å²) in [4.78, 5) is 16.2. The fourth-order valence-corrected chi connectivity index (χ4v) is 3.50. The van der Waals surface area contributed by atoms with Crippen LogP contribution in [0.1, 0.15) is 37.7 Å². The Balaban J connectivity index is 1.54. The maximum atomic E-state index is 12.2. The molecule has 0 aromatic carbocycles. The molecule has 1 N–H and O–H groups in total. The SMILES string of the molecule is O=C(Cc1cccnc1)N1NN=C(C2CCCCC2)S1. The number of nitrogens with one attached hydrogen (secondary N) is 1. The summed E-state index contributed by atoms with van der Waals surface area (Å²) in [5.41, 5.74) is 3.76. The quantitative estimate of drug-likeness (QED) is 0.869. The first kappa shape index (κ1) is 13.4. The lowest BCUT2D eigenvalue weighted by molar-refractivity contribution is -0.127. The molecule has 20 heavy (non-hydrogen) atoms. The smallest absolute Gasteiger partial charge is 0.257 e. The minimum absolute atomic E-state index is 0.0116. The fourth-order valence-electron chi connectivity index (χ4n) is 2.60. The van der Waals surface area contributed by atoms with Crippen molar-refractivity contribution in [1.82, 2.24) is 14.9 Å². The zero-order valence-electron chi connectivity index (χ0n) is 11.3. The van der Waals surface area contributed by atoms with Gasteiger partial charge in [0.05, 0.1) is 6.42 Å². The third-order valence-corrected chi connectivity index (χ3v) is 4.77. The van der Waals surface area contributed by atoms with Crippen LogP contribution in [0.15, 0.2) is 29.6 Å². The van der Waals surface area contributed by atoms with Crippen molar-refractivity contribution >= 4 is 22.9 Å². The molecular formula is C14H18N4OS. The van der Waals surface area contributed by atoms with Crippen molar-refractivity contribution in [2.75, 3.05) is 0 Å². The van der Waals surface area contributed by atoms with Gasteiger partial charge in [0.25, 0.3) is 5.91 Å². The zero-order chi connectivity index (χ0) is 13.8. The van der Waals surface area contributed by atoms with Gasteiger partial charge in [0.1, 0.15) is 5.04 Å². The van der Waals surface area contributed by atoms with Gasteiger partial charge in [0.15, 0.2) is 0 Å². The highest BCUT2D eigenvalue weighted by Gasteiger charge is 2.29. The Bertz CT molecular complexity index is 499. The van der Waals surface area contributed by atoms with Crippen LogP contribution in [0, 0.1) is 5.92 Å². The molecule has 1 aromatic rings. The number of rotatable bonds is 3. The summed E-state index contributed by atoms with van der Waals surface area (Å²) in [6, 6.07) is 3.76. The Morgan fingerprint density at radius 1 is 1.40 bits per heavy atom. The van der Waals surface area contributed by atoms with Gasteiger partial charge in [-0.25, -0.2) is 5.53 Å². The number of hydrogen-bond acceptors (Lipinski definition) is 5. The number of carbonyl (C=O) groups excluding carboxylic acids is 1.